The fraction of sp³-hybridized carbons (Fsp3) is 0.316. The average molecular weight is 295 g/mol. The molecule has 1 amide bonds. The van der Waals surface area contributed by atoms with Crippen molar-refractivity contribution in [1.29, 1.82) is 0 Å². The number of carbonyl (C=O) groups is 1. The lowest BCUT2D eigenvalue weighted by Crippen LogP contribution is -2.29. The van der Waals surface area contributed by atoms with E-state index in [0.717, 1.165) is 17.5 Å². The maximum atomic E-state index is 12.3. The molecule has 0 aliphatic carbocycles. The minimum Gasteiger partial charge on any atom is -0.391 e. The van der Waals surface area contributed by atoms with Gasteiger partial charge in [-0.15, -0.1) is 0 Å². The largest absolute Gasteiger partial charge is 0.391 e. The number of nitrogens with zero attached hydrogens (tertiary/aromatic N) is 1. The van der Waals surface area contributed by atoms with Crippen molar-refractivity contribution in [2.24, 2.45) is 0 Å². The third kappa shape index (κ3) is 3.04. The highest BCUT2D eigenvalue weighted by Crippen LogP contribution is 2.22. The van der Waals surface area contributed by atoms with Gasteiger partial charge >= 0.3 is 0 Å². The van der Waals surface area contributed by atoms with E-state index in [1.807, 2.05) is 24.3 Å². The molecule has 2 aromatic rings. The third-order valence-electron chi connectivity index (χ3n) is 4.28. The molecule has 0 aromatic heterocycles. The molecule has 1 fully saturated rings. The zero-order chi connectivity index (χ0) is 15.5. The Bertz CT molecular complexity index is 646. The van der Waals surface area contributed by atoms with Gasteiger partial charge in [0.1, 0.15) is 0 Å². The van der Waals surface area contributed by atoms with Crippen molar-refractivity contribution < 1.29 is 9.90 Å². The molecule has 114 valence electrons. The van der Waals surface area contributed by atoms with Gasteiger partial charge < -0.3 is 10.0 Å². The molecule has 2 aromatic carbocycles. The number of aryl methyl sites for hydroxylation is 1. The number of likely N-dealkylation sites (tertiary alicyclic amines) is 1. The van der Waals surface area contributed by atoms with Gasteiger partial charge in [-0.1, -0.05) is 43.3 Å². The second-order valence-electron chi connectivity index (χ2n) is 5.82. The van der Waals surface area contributed by atoms with E-state index in [2.05, 4.69) is 31.2 Å². The summed E-state index contributed by atoms with van der Waals surface area (Å²) in [7, 11) is 0. The number of amides is 1. The van der Waals surface area contributed by atoms with Crippen LogP contribution in [0.5, 0.6) is 0 Å². The van der Waals surface area contributed by atoms with Gasteiger partial charge in [0.05, 0.1) is 6.10 Å². The molecule has 1 unspecified atom stereocenters. The summed E-state index contributed by atoms with van der Waals surface area (Å²) in [6.45, 7) is 3.23. The number of β-amino-alcohol motifs (C(OH)–C–C–N with tert-alkyl or cyclic N) is 1. The van der Waals surface area contributed by atoms with E-state index in [-0.39, 0.29) is 12.0 Å². The van der Waals surface area contributed by atoms with Crippen LogP contribution in [0.3, 0.4) is 0 Å². The molecule has 0 saturated carbocycles. The minimum atomic E-state index is -0.375. The van der Waals surface area contributed by atoms with E-state index in [4.69, 9.17) is 0 Å². The van der Waals surface area contributed by atoms with Crippen molar-refractivity contribution in [3.8, 4) is 11.1 Å². The van der Waals surface area contributed by atoms with Crippen molar-refractivity contribution in [2.75, 3.05) is 13.1 Å². The van der Waals surface area contributed by atoms with Gasteiger partial charge in [0, 0.05) is 18.7 Å². The fourth-order valence-electron chi connectivity index (χ4n) is 2.85. The standard InChI is InChI=1S/C19H21NO2/c1-2-14-3-5-15(6-4-14)16-7-9-17(10-8-16)19(22)20-12-11-18(21)13-20/h3-10,18,21H,2,11-13H2,1H3. The molecule has 1 aliphatic rings. The molecular formula is C19H21NO2. The maximum Gasteiger partial charge on any atom is 0.253 e. The van der Waals surface area contributed by atoms with Crippen molar-refractivity contribution in [2.45, 2.75) is 25.9 Å². The molecule has 1 N–H and O–H groups in total. The molecule has 1 saturated heterocycles. The Kier molecular flexibility index (Phi) is 4.25. The van der Waals surface area contributed by atoms with Crippen LogP contribution in [0.1, 0.15) is 29.3 Å². The van der Waals surface area contributed by atoms with E-state index < -0.39 is 0 Å². The van der Waals surface area contributed by atoms with Gasteiger partial charge in [0.2, 0.25) is 0 Å². The first-order valence-corrected chi connectivity index (χ1v) is 7.84. The Morgan fingerprint density at radius 2 is 1.68 bits per heavy atom. The molecule has 22 heavy (non-hydrogen) atoms. The first kappa shape index (κ1) is 14.8. The lowest BCUT2D eigenvalue weighted by atomic mass is 10.0. The summed E-state index contributed by atoms with van der Waals surface area (Å²) in [5.41, 5.74) is 4.28. The number of hydrogen-bond donors (Lipinski definition) is 1. The minimum absolute atomic E-state index is 0.00410. The predicted molar refractivity (Wildman–Crippen MR) is 87.8 cm³/mol. The van der Waals surface area contributed by atoms with E-state index >= 15 is 0 Å². The highest BCUT2D eigenvalue weighted by molar-refractivity contribution is 5.95. The number of benzene rings is 2. The van der Waals surface area contributed by atoms with E-state index in [1.165, 1.54) is 5.56 Å². The van der Waals surface area contributed by atoms with Gasteiger partial charge in [0.15, 0.2) is 0 Å². The van der Waals surface area contributed by atoms with Crippen molar-refractivity contribution in [1.82, 2.24) is 4.90 Å². The van der Waals surface area contributed by atoms with Crippen LogP contribution in [0.4, 0.5) is 0 Å². The number of aliphatic hydroxyl groups is 1. The van der Waals surface area contributed by atoms with E-state index in [0.29, 0.717) is 25.1 Å². The summed E-state index contributed by atoms with van der Waals surface area (Å²) in [6, 6.07) is 16.2. The molecule has 3 heteroatoms. The van der Waals surface area contributed by atoms with Crippen molar-refractivity contribution in [3.63, 3.8) is 0 Å². The lowest BCUT2D eigenvalue weighted by Gasteiger charge is -2.15. The van der Waals surface area contributed by atoms with E-state index in [1.54, 1.807) is 4.90 Å². The van der Waals surface area contributed by atoms with Gasteiger partial charge in [-0.25, -0.2) is 0 Å². The molecule has 3 rings (SSSR count). The molecule has 0 radical (unpaired) electrons. The second-order valence-corrected chi connectivity index (χ2v) is 5.82. The van der Waals surface area contributed by atoms with Crippen LogP contribution in [-0.2, 0) is 6.42 Å². The van der Waals surface area contributed by atoms with Crippen molar-refractivity contribution >= 4 is 5.91 Å². The van der Waals surface area contributed by atoms with Crippen LogP contribution < -0.4 is 0 Å². The fourth-order valence-corrected chi connectivity index (χ4v) is 2.85. The molecule has 1 heterocycles. The molecule has 3 nitrogen and oxygen atoms in total. The number of aliphatic hydroxyl groups excluding tert-OH is 1. The van der Waals surface area contributed by atoms with Crippen LogP contribution >= 0.6 is 0 Å². The Balaban J connectivity index is 1.75. The monoisotopic (exact) mass is 295 g/mol. The second kappa shape index (κ2) is 6.32. The zero-order valence-corrected chi connectivity index (χ0v) is 12.8. The zero-order valence-electron chi connectivity index (χ0n) is 12.8. The van der Waals surface area contributed by atoms with E-state index in [9.17, 15) is 9.90 Å². The van der Waals surface area contributed by atoms with Gasteiger partial charge in [-0.3, -0.25) is 4.79 Å². The topological polar surface area (TPSA) is 40.5 Å². The Hall–Kier alpha value is -2.13. The first-order valence-electron chi connectivity index (χ1n) is 7.84. The SMILES string of the molecule is CCc1ccc(-c2ccc(C(=O)N3CCC(O)C3)cc2)cc1. The lowest BCUT2D eigenvalue weighted by molar-refractivity contribution is 0.0765. The molecule has 1 aliphatic heterocycles. The molecule has 0 bridgehead atoms. The van der Waals surface area contributed by atoms with Crippen molar-refractivity contribution in [3.05, 3.63) is 59.7 Å². The van der Waals surface area contributed by atoms with Crippen LogP contribution in [0.15, 0.2) is 48.5 Å². The summed E-state index contributed by atoms with van der Waals surface area (Å²) in [5.74, 6) is 0.00410. The molecular weight excluding hydrogens is 274 g/mol. The predicted octanol–water partition coefficient (Wildman–Crippen LogP) is 3.12. The summed E-state index contributed by atoms with van der Waals surface area (Å²) in [5, 5.41) is 9.54. The highest BCUT2D eigenvalue weighted by Gasteiger charge is 2.25. The summed E-state index contributed by atoms with van der Waals surface area (Å²) < 4.78 is 0. The van der Waals surface area contributed by atoms with Crippen LogP contribution in [-0.4, -0.2) is 35.1 Å². The Morgan fingerprint density at radius 1 is 1.09 bits per heavy atom. The van der Waals surface area contributed by atoms with Gasteiger partial charge in [0.25, 0.3) is 5.91 Å². The van der Waals surface area contributed by atoms with Gasteiger partial charge in [-0.05, 0) is 41.7 Å². The quantitative estimate of drug-likeness (QED) is 0.945. The number of carbonyl (C=O) groups excluding carboxylic acids is 1. The smallest absolute Gasteiger partial charge is 0.253 e. The van der Waals surface area contributed by atoms with Crippen LogP contribution in [0, 0.1) is 0 Å². The summed E-state index contributed by atoms with van der Waals surface area (Å²) in [4.78, 5) is 14.1. The third-order valence-corrected chi connectivity index (χ3v) is 4.28. The summed E-state index contributed by atoms with van der Waals surface area (Å²) in [6.07, 6.45) is 1.34. The number of hydrogen-bond acceptors (Lipinski definition) is 2. The maximum absolute atomic E-state index is 12.3. The Labute approximate surface area is 131 Å². The van der Waals surface area contributed by atoms with Gasteiger partial charge in [-0.2, -0.15) is 0 Å². The Morgan fingerprint density at radius 3 is 2.18 bits per heavy atom. The normalized spacial score (nSPS) is 17.7. The highest BCUT2D eigenvalue weighted by atomic mass is 16.3. The van der Waals surface area contributed by atoms with Crippen LogP contribution in [0.25, 0.3) is 11.1 Å². The average Bonchev–Trinajstić information content (AvgIpc) is 3.01. The molecule has 1 atom stereocenters. The molecule has 0 spiro atoms. The number of rotatable bonds is 3. The van der Waals surface area contributed by atoms with Crippen LogP contribution in [0.2, 0.25) is 0 Å². The first-order chi connectivity index (χ1) is 10.7. The summed E-state index contributed by atoms with van der Waals surface area (Å²) >= 11 is 0.